The minimum atomic E-state index is 0.223. The fourth-order valence-corrected chi connectivity index (χ4v) is 1.99. The predicted octanol–water partition coefficient (Wildman–Crippen LogP) is 2.90. The molecule has 4 heteroatoms. The molecule has 0 amide bonds. The monoisotopic (exact) mass is 238 g/mol. The van der Waals surface area contributed by atoms with Gasteiger partial charge in [-0.3, -0.25) is 0 Å². The highest BCUT2D eigenvalue weighted by molar-refractivity contribution is 5.48. The third-order valence-electron chi connectivity index (χ3n) is 2.95. The van der Waals surface area contributed by atoms with E-state index in [-0.39, 0.29) is 6.04 Å². The van der Waals surface area contributed by atoms with Crippen LogP contribution in [-0.4, -0.2) is 14.6 Å². The largest absolute Gasteiger partial charge is 0.363 e. The predicted molar refractivity (Wildman–Crippen MR) is 71.5 cm³/mol. The highest BCUT2D eigenvalue weighted by Crippen LogP contribution is 2.18. The first-order valence-electron chi connectivity index (χ1n) is 5.95. The summed E-state index contributed by atoms with van der Waals surface area (Å²) in [6.07, 6.45) is 3.54. The molecule has 0 aliphatic heterocycles. The first-order chi connectivity index (χ1) is 8.84. The van der Waals surface area contributed by atoms with Gasteiger partial charge in [0.25, 0.3) is 0 Å². The summed E-state index contributed by atoms with van der Waals surface area (Å²) >= 11 is 0. The van der Waals surface area contributed by atoms with Crippen molar-refractivity contribution in [3.05, 3.63) is 60.4 Å². The Labute approximate surface area is 105 Å². The molecule has 1 atom stereocenters. The van der Waals surface area contributed by atoms with Gasteiger partial charge in [0, 0.05) is 18.3 Å². The van der Waals surface area contributed by atoms with Crippen LogP contribution in [0.25, 0.3) is 5.65 Å². The molecule has 90 valence electrons. The lowest BCUT2D eigenvalue weighted by atomic mass is 10.1. The van der Waals surface area contributed by atoms with Crippen LogP contribution in [-0.2, 0) is 0 Å². The van der Waals surface area contributed by atoms with E-state index >= 15 is 0 Å². The summed E-state index contributed by atoms with van der Waals surface area (Å²) in [5.41, 5.74) is 2.09. The van der Waals surface area contributed by atoms with Crippen LogP contribution in [0.2, 0.25) is 0 Å². The van der Waals surface area contributed by atoms with Gasteiger partial charge in [-0.1, -0.05) is 30.3 Å². The second-order valence-electron chi connectivity index (χ2n) is 4.21. The van der Waals surface area contributed by atoms with Gasteiger partial charge in [-0.2, -0.15) is 9.61 Å². The molecule has 2 aromatic heterocycles. The summed E-state index contributed by atoms with van der Waals surface area (Å²) in [7, 11) is 0. The van der Waals surface area contributed by atoms with E-state index in [0.29, 0.717) is 0 Å². The standard InChI is InChI=1S/C14H14N4/c1-11(12-5-3-2-4-6-12)17-14-7-9-15-13-8-10-16-18(13)14/h2-11,17H,1H3. The quantitative estimate of drug-likeness (QED) is 0.763. The third kappa shape index (κ3) is 1.93. The summed E-state index contributed by atoms with van der Waals surface area (Å²) in [6.45, 7) is 2.13. The maximum atomic E-state index is 4.26. The number of nitrogens with one attached hydrogen (secondary N) is 1. The fourth-order valence-electron chi connectivity index (χ4n) is 1.99. The van der Waals surface area contributed by atoms with Gasteiger partial charge < -0.3 is 5.32 Å². The number of hydrogen-bond donors (Lipinski definition) is 1. The van der Waals surface area contributed by atoms with Gasteiger partial charge in [0.1, 0.15) is 5.82 Å². The van der Waals surface area contributed by atoms with Gasteiger partial charge in [0.2, 0.25) is 0 Å². The molecule has 0 fully saturated rings. The minimum Gasteiger partial charge on any atom is -0.363 e. The number of benzene rings is 1. The van der Waals surface area contributed by atoms with E-state index in [1.165, 1.54) is 5.56 Å². The van der Waals surface area contributed by atoms with E-state index in [4.69, 9.17) is 0 Å². The molecule has 18 heavy (non-hydrogen) atoms. The SMILES string of the molecule is CC(Nc1ccnc2ccnn12)c1ccccc1. The van der Waals surface area contributed by atoms with Crippen molar-refractivity contribution in [1.82, 2.24) is 14.6 Å². The Morgan fingerprint density at radius 1 is 1.06 bits per heavy atom. The minimum absolute atomic E-state index is 0.223. The van der Waals surface area contributed by atoms with Gasteiger partial charge in [-0.25, -0.2) is 4.98 Å². The first kappa shape index (κ1) is 10.8. The molecule has 1 aromatic carbocycles. The summed E-state index contributed by atoms with van der Waals surface area (Å²) in [5, 5.41) is 7.70. The summed E-state index contributed by atoms with van der Waals surface area (Å²) in [5.74, 6) is 0.946. The normalized spacial score (nSPS) is 12.5. The smallest absolute Gasteiger partial charge is 0.157 e. The lowest BCUT2D eigenvalue weighted by molar-refractivity contribution is 0.841. The van der Waals surface area contributed by atoms with Crippen molar-refractivity contribution in [2.45, 2.75) is 13.0 Å². The molecule has 3 rings (SSSR count). The van der Waals surface area contributed by atoms with E-state index in [2.05, 4.69) is 34.5 Å². The van der Waals surface area contributed by atoms with Crippen molar-refractivity contribution in [2.24, 2.45) is 0 Å². The maximum absolute atomic E-state index is 4.26. The molecule has 0 bridgehead atoms. The number of aromatic nitrogens is 3. The topological polar surface area (TPSA) is 42.2 Å². The molecule has 0 aliphatic carbocycles. The lowest BCUT2D eigenvalue weighted by Crippen LogP contribution is -2.10. The zero-order chi connectivity index (χ0) is 12.4. The lowest BCUT2D eigenvalue weighted by Gasteiger charge is -2.16. The molecule has 0 saturated heterocycles. The Morgan fingerprint density at radius 2 is 1.89 bits per heavy atom. The average molecular weight is 238 g/mol. The highest BCUT2D eigenvalue weighted by Gasteiger charge is 2.07. The van der Waals surface area contributed by atoms with Crippen molar-refractivity contribution in [3.63, 3.8) is 0 Å². The van der Waals surface area contributed by atoms with E-state index in [0.717, 1.165) is 11.5 Å². The van der Waals surface area contributed by atoms with Crippen molar-refractivity contribution in [3.8, 4) is 0 Å². The number of nitrogens with zero attached hydrogens (tertiary/aromatic N) is 3. The highest BCUT2D eigenvalue weighted by atomic mass is 15.3. The Balaban J connectivity index is 1.91. The van der Waals surface area contributed by atoms with Crippen molar-refractivity contribution in [1.29, 1.82) is 0 Å². The molecule has 4 nitrogen and oxygen atoms in total. The van der Waals surface area contributed by atoms with E-state index in [1.807, 2.05) is 30.3 Å². The van der Waals surface area contributed by atoms with Crippen LogP contribution in [0.5, 0.6) is 0 Å². The molecule has 0 radical (unpaired) electrons. The van der Waals surface area contributed by atoms with Gasteiger partial charge in [0.05, 0.1) is 6.20 Å². The van der Waals surface area contributed by atoms with E-state index in [9.17, 15) is 0 Å². The molecular weight excluding hydrogens is 224 g/mol. The summed E-state index contributed by atoms with van der Waals surface area (Å²) in [6, 6.07) is 14.4. The number of rotatable bonds is 3. The van der Waals surface area contributed by atoms with Crippen LogP contribution in [0.1, 0.15) is 18.5 Å². The average Bonchev–Trinajstić information content (AvgIpc) is 2.89. The third-order valence-corrected chi connectivity index (χ3v) is 2.95. The van der Waals surface area contributed by atoms with Gasteiger partial charge in [-0.15, -0.1) is 0 Å². The Kier molecular flexibility index (Phi) is 2.68. The van der Waals surface area contributed by atoms with Crippen molar-refractivity contribution in [2.75, 3.05) is 5.32 Å². The van der Waals surface area contributed by atoms with Crippen LogP contribution in [0.3, 0.4) is 0 Å². The molecule has 1 N–H and O–H groups in total. The molecule has 3 aromatic rings. The maximum Gasteiger partial charge on any atom is 0.157 e. The molecule has 0 saturated carbocycles. The summed E-state index contributed by atoms with van der Waals surface area (Å²) in [4.78, 5) is 4.24. The van der Waals surface area contributed by atoms with Crippen molar-refractivity contribution < 1.29 is 0 Å². The fraction of sp³-hybridized carbons (Fsp3) is 0.143. The first-order valence-corrected chi connectivity index (χ1v) is 5.95. The Bertz CT molecular complexity index is 645. The van der Waals surface area contributed by atoms with Crippen LogP contribution in [0, 0.1) is 0 Å². The zero-order valence-electron chi connectivity index (χ0n) is 10.1. The summed E-state index contributed by atoms with van der Waals surface area (Å²) < 4.78 is 1.80. The van der Waals surface area contributed by atoms with Gasteiger partial charge >= 0.3 is 0 Å². The molecular formula is C14H14N4. The van der Waals surface area contributed by atoms with Crippen LogP contribution in [0.4, 0.5) is 5.82 Å². The second-order valence-corrected chi connectivity index (χ2v) is 4.21. The van der Waals surface area contributed by atoms with E-state index < -0.39 is 0 Å². The molecule has 0 aliphatic rings. The molecule has 2 heterocycles. The zero-order valence-corrected chi connectivity index (χ0v) is 10.1. The Morgan fingerprint density at radius 3 is 2.72 bits per heavy atom. The molecule has 0 spiro atoms. The van der Waals surface area contributed by atoms with Crippen molar-refractivity contribution >= 4 is 11.5 Å². The van der Waals surface area contributed by atoms with Gasteiger partial charge in [-0.05, 0) is 18.6 Å². The second kappa shape index (κ2) is 4.49. The number of hydrogen-bond acceptors (Lipinski definition) is 3. The number of fused-ring (bicyclic) bond motifs is 1. The number of anilines is 1. The van der Waals surface area contributed by atoms with Gasteiger partial charge in [0.15, 0.2) is 5.65 Å². The van der Waals surface area contributed by atoms with Crippen LogP contribution >= 0.6 is 0 Å². The van der Waals surface area contributed by atoms with Crippen LogP contribution < -0.4 is 5.32 Å². The van der Waals surface area contributed by atoms with E-state index in [1.54, 1.807) is 16.9 Å². The molecule has 1 unspecified atom stereocenters. The Hall–Kier alpha value is -2.36. The van der Waals surface area contributed by atoms with Crippen LogP contribution in [0.15, 0.2) is 54.9 Å².